The summed E-state index contributed by atoms with van der Waals surface area (Å²) < 4.78 is 0. The fourth-order valence-corrected chi connectivity index (χ4v) is 4.22. The van der Waals surface area contributed by atoms with Crippen LogP contribution in [0.25, 0.3) is 10.4 Å². The zero-order chi connectivity index (χ0) is 18.8. The SMILES string of the molecule is NC(=O)CN1Cc2sc(-c3cccc(Cl)c3)cc2C(Nc2cccnc2)=N1. The number of nitrogens with one attached hydrogen (secondary N) is 1. The van der Waals surface area contributed by atoms with E-state index >= 15 is 0 Å². The highest BCUT2D eigenvalue weighted by atomic mass is 35.5. The molecule has 6 nitrogen and oxygen atoms in total. The average Bonchev–Trinajstić information content (AvgIpc) is 3.06. The molecule has 1 aromatic carbocycles. The smallest absolute Gasteiger partial charge is 0.238 e. The van der Waals surface area contributed by atoms with Gasteiger partial charge < -0.3 is 11.1 Å². The fraction of sp³-hybridized carbons (Fsp3) is 0.105. The number of amidine groups is 1. The minimum Gasteiger partial charge on any atom is -0.368 e. The number of primary amides is 1. The van der Waals surface area contributed by atoms with Crippen LogP contribution in [0.5, 0.6) is 0 Å². The first-order valence-corrected chi connectivity index (χ1v) is 9.46. The number of thiophene rings is 1. The maximum atomic E-state index is 11.4. The quantitative estimate of drug-likeness (QED) is 0.705. The summed E-state index contributed by atoms with van der Waals surface area (Å²) in [6.07, 6.45) is 3.43. The molecule has 1 aliphatic rings. The first-order valence-electron chi connectivity index (χ1n) is 8.26. The Morgan fingerprint density at radius 3 is 2.93 bits per heavy atom. The Labute approximate surface area is 165 Å². The van der Waals surface area contributed by atoms with Gasteiger partial charge in [0.05, 0.1) is 18.4 Å². The molecule has 4 rings (SSSR count). The van der Waals surface area contributed by atoms with Gasteiger partial charge in [0.15, 0.2) is 5.84 Å². The van der Waals surface area contributed by atoms with Gasteiger partial charge in [0.25, 0.3) is 0 Å². The van der Waals surface area contributed by atoms with Gasteiger partial charge >= 0.3 is 0 Å². The lowest BCUT2D eigenvalue weighted by molar-refractivity contribution is -0.119. The lowest BCUT2D eigenvalue weighted by Gasteiger charge is -2.24. The van der Waals surface area contributed by atoms with Crippen molar-refractivity contribution >= 4 is 40.4 Å². The monoisotopic (exact) mass is 397 g/mol. The second kappa shape index (κ2) is 7.38. The van der Waals surface area contributed by atoms with Crippen LogP contribution in [0.4, 0.5) is 5.69 Å². The van der Waals surface area contributed by atoms with E-state index in [4.69, 9.17) is 17.3 Å². The van der Waals surface area contributed by atoms with Gasteiger partial charge in [-0.1, -0.05) is 23.7 Å². The highest BCUT2D eigenvalue weighted by molar-refractivity contribution is 7.15. The van der Waals surface area contributed by atoms with Crippen LogP contribution < -0.4 is 11.1 Å². The van der Waals surface area contributed by atoms with Crippen molar-refractivity contribution in [1.82, 2.24) is 9.99 Å². The van der Waals surface area contributed by atoms with Crippen molar-refractivity contribution in [3.05, 3.63) is 70.3 Å². The first kappa shape index (κ1) is 17.5. The lowest BCUT2D eigenvalue weighted by Crippen LogP contribution is -2.34. The maximum Gasteiger partial charge on any atom is 0.238 e. The average molecular weight is 398 g/mol. The predicted molar refractivity (Wildman–Crippen MR) is 109 cm³/mol. The van der Waals surface area contributed by atoms with Gasteiger partial charge in [0, 0.05) is 26.5 Å². The molecule has 1 amide bonds. The van der Waals surface area contributed by atoms with Gasteiger partial charge in [0.1, 0.15) is 6.54 Å². The lowest BCUT2D eigenvalue weighted by atomic mass is 10.1. The summed E-state index contributed by atoms with van der Waals surface area (Å²) in [5, 5.41) is 10.2. The van der Waals surface area contributed by atoms with E-state index < -0.39 is 5.91 Å². The van der Waals surface area contributed by atoms with E-state index in [1.165, 1.54) is 0 Å². The summed E-state index contributed by atoms with van der Waals surface area (Å²) in [6, 6.07) is 13.6. The Morgan fingerprint density at radius 1 is 1.30 bits per heavy atom. The molecule has 1 aliphatic heterocycles. The van der Waals surface area contributed by atoms with Gasteiger partial charge in [-0.2, -0.15) is 5.10 Å². The highest BCUT2D eigenvalue weighted by Gasteiger charge is 2.24. The Hall–Kier alpha value is -2.90. The second-order valence-corrected chi connectivity index (χ2v) is 7.64. The molecule has 3 heterocycles. The summed E-state index contributed by atoms with van der Waals surface area (Å²) in [5.41, 5.74) is 8.23. The van der Waals surface area contributed by atoms with Gasteiger partial charge in [-0.25, -0.2) is 0 Å². The molecule has 0 fully saturated rings. The van der Waals surface area contributed by atoms with Crippen LogP contribution in [0, 0.1) is 0 Å². The van der Waals surface area contributed by atoms with Gasteiger partial charge in [-0.05, 0) is 35.9 Å². The number of carbonyl (C=O) groups excluding carboxylic acids is 1. The Bertz CT molecular complexity index is 1020. The minimum atomic E-state index is -0.422. The number of nitrogens with zero attached hydrogens (tertiary/aromatic N) is 3. The molecule has 0 unspecified atom stereocenters. The molecule has 0 saturated carbocycles. The van der Waals surface area contributed by atoms with Gasteiger partial charge in [-0.15, -0.1) is 11.3 Å². The number of hydrazone groups is 1. The number of pyridine rings is 1. The normalized spacial score (nSPS) is 13.1. The van der Waals surface area contributed by atoms with Crippen LogP contribution >= 0.6 is 22.9 Å². The van der Waals surface area contributed by atoms with Crippen molar-refractivity contribution in [1.29, 1.82) is 0 Å². The molecule has 3 N–H and O–H groups in total. The van der Waals surface area contributed by atoms with E-state index in [9.17, 15) is 4.79 Å². The van der Waals surface area contributed by atoms with Crippen LogP contribution in [-0.4, -0.2) is 28.3 Å². The Balaban J connectivity index is 1.72. The molecular weight excluding hydrogens is 382 g/mol. The number of halogens is 1. The number of nitrogens with two attached hydrogens (primary N) is 1. The molecule has 0 saturated heterocycles. The van der Waals surface area contributed by atoms with E-state index in [1.54, 1.807) is 28.7 Å². The van der Waals surface area contributed by atoms with Crippen molar-refractivity contribution in [3.63, 3.8) is 0 Å². The molecule has 0 aliphatic carbocycles. The van der Waals surface area contributed by atoms with E-state index in [0.29, 0.717) is 17.4 Å². The number of aromatic nitrogens is 1. The molecule has 0 spiro atoms. The number of rotatable bonds is 4. The summed E-state index contributed by atoms with van der Waals surface area (Å²) in [6.45, 7) is 0.587. The number of amides is 1. The van der Waals surface area contributed by atoms with E-state index in [-0.39, 0.29) is 6.54 Å². The predicted octanol–water partition coefficient (Wildman–Crippen LogP) is 3.54. The fourth-order valence-electron chi connectivity index (χ4n) is 2.86. The Kier molecular flexibility index (Phi) is 4.79. The van der Waals surface area contributed by atoms with Crippen LogP contribution in [0.15, 0.2) is 60.0 Å². The topological polar surface area (TPSA) is 83.6 Å². The standard InChI is InChI=1S/C19H16ClN5OS/c20-13-4-1-3-12(7-13)16-8-15-17(27-16)10-25(11-18(21)26)24-19(15)23-14-5-2-6-22-9-14/h1-9H,10-11H2,(H2,21,26)(H,23,24). The van der Waals surface area contributed by atoms with Gasteiger partial charge in [-0.3, -0.25) is 14.8 Å². The first-order chi connectivity index (χ1) is 13.1. The molecule has 0 atom stereocenters. The highest BCUT2D eigenvalue weighted by Crippen LogP contribution is 2.35. The number of hydrogen-bond donors (Lipinski definition) is 2. The third-order valence-corrected chi connectivity index (χ3v) is 5.41. The Morgan fingerprint density at radius 2 is 2.19 bits per heavy atom. The molecule has 27 heavy (non-hydrogen) atoms. The summed E-state index contributed by atoms with van der Waals surface area (Å²) >= 11 is 7.79. The van der Waals surface area contributed by atoms with E-state index in [2.05, 4.69) is 21.5 Å². The zero-order valence-electron chi connectivity index (χ0n) is 14.2. The summed E-state index contributed by atoms with van der Waals surface area (Å²) in [7, 11) is 0. The van der Waals surface area contributed by atoms with Crippen molar-refractivity contribution in [3.8, 4) is 10.4 Å². The van der Waals surface area contributed by atoms with Crippen molar-refractivity contribution < 1.29 is 4.79 Å². The molecule has 0 bridgehead atoms. The maximum absolute atomic E-state index is 11.4. The van der Waals surface area contributed by atoms with Crippen LogP contribution in [0.1, 0.15) is 10.4 Å². The summed E-state index contributed by atoms with van der Waals surface area (Å²) in [5.74, 6) is 0.240. The minimum absolute atomic E-state index is 0.0576. The van der Waals surface area contributed by atoms with Crippen molar-refractivity contribution in [2.75, 3.05) is 11.9 Å². The second-order valence-electron chi connectivity index (χ2n) is 6.06. The molecule has 136 valence electrons. The number of hydrogen-bond acceptors (Lipinski definition) is 6. The van der Waals surface area contributed by atoms with Crippen LogP contribution in [0.2, 0.25) is 5.02 Å². The molecule has 3 aromatic rings. The van der Waals surface area contributed by atoms with E-state index in [1.807, 2.05) is 36.4 Å². The zero-order valence-corrected chi connectivity index (χ0v) is 15.8. The van der Waals surface area contributed by atoms with E-state index in [0.717, 1.165) is 26.6 Å². The van der Waals surface area contributed by atoms with Crippen molar-refractivity contribution in [2.45, 2.75) is 6.54 Å². The molecule has 8 heteroatoms. The van der Waals surface area contributed by atoms with Crippen LogP contribution in [0.3, 0.4) is 0 Å². The third-order valence-electron chi connectivity index (χ3n) is 4.00. The molecular formula is C19H16ClN5OS. The largest absolute Gasteiger partial charge is 0.368 e. The van der Waals surface area contributed by atoms with Gasteiger partial charge in [0.2, 0.25) is 5.91 Å². The number of carbonyl (C=O) groups is 1. The van der Waals surface area contributed by atoms with Crippen molar-refractivity contribution in [2.24, 2.45) is 10.8 Å². The molecule has 2 aromatic heterocycles. The third kappa shape index (κ3) is 3.94. The number of anilines is 1. The summed E-state index contributed by atoms with van der Waals surface area (Å²) in [4.78, 5) is 17.7. The number of benzene rings is 1. The van der Waals surface area contributed by atoms with Crippen LogP contribution in [-0.2, 0) is 11.3 Å². The number of fused-ring (bicyclic) bond motifs is 1. The molecule has 0 radical (unpaired) electrons.